The van der Waals surface area contributed by atoms with Gasteiger partial charge in [0.2, 0.25) is 5.91 Å². The zero-order valence-electron chi connectivity index (χ0n) is 17.6. The number of rotatable bonds is 6. The van der Waals surface area contributed by atoms with Crippen LogP contribution >= 0.6 is 11.6 Å². The van der Waals surface area contributed by atoms with Crippen LogP contribution < -0.4 is 10.1 Å². The summed E-state index contributed by atoms with van der Waals surface area (Å²) in [7, 11) is 4.85. The Morgan fingerprint density at radius 3 is 2.84 bits per heavy atom. The first-order valence-corrected chi connectivity index (χ1v) is 9.96. The lowest BCUT2D eigenvalue weighted by Crippen LogP contribution is -2.26. The number of anilines is 1. The van der Waals surface area contributed by atoms with Gasteiger partial charge in [0.05, 0.1) is 19.0 Å². The summed E-state index contributed by atoms with van der Waals surface area (Å²) < 4.78 is 8.42. The second-order valence-electron chi connectivity index (χ2n) is 7.12. The third-order valence-electron chi connectivity index (χ3n) is 4.75. The van der Waals surface area contributed by atoms with Crippen LogP contribution in [0.15, 0.2) is 49.1 Å². The lowest BCUT2D eigenvalue weighted by Gasteiger charge is -2.10. The Labute approximate surface area is 188 Å². The van der Waals surface area contributed by atoms with Crippen molar-refractivity contribution in [2.24, 2.45) is 0 Å². The molecule has 0 radical (unpaired) electrons. The van der Waals surface area contributed by atoms with Crippen molar-refractivity contribution in [2.75, 3.05) is 26.5 Å². The molecular weight excluding hydrogens is 434 g/mol. The highest BCUT2D eigenvalue weighted by atomic mass is 35.5. The Balaban J connectivity index is 1.76. The van der Waals surface area contributed by atoms with E-state index in [4.69, 9.17) is 16.3 Å². The fourth-order valence-electron chi connectivity index (χ4n) is 3.12. The number of nitrogens with zero attached hydrogens (tertiary/aromatic N) is 6. The number of carbonyl (C=O) groups excluding carboxylic acids is 2. The summed E-state index contributed by atoms with van der Waals surface area (Å²) in [4.78, 5) is 31.0. The minimum Gasteiger partial charge on any atom is -0.496 e. The lowest BCUT2D eigenvalue weighted by molar-refractivity contribution is -0.129. The predicted molar refractivity (Wildman–Crippen MR) is 119 cm³/mol. The maximum atomic E-state index is 13.1. The van der Waals surface area contributed by atoms with E-state index in [1.54, 1.807) is 57.0 Å². The average Bonchev–Trinajstić information content (AvgIpc) is 3.37. The van der Waals surface area contributed by atoms with Gasteiger partial charge >= 0.3 is 0 Å². The standard InChI is InChI=1S/C21H20ClN7O3/c1-27(2)18(30)12-28-11-16(19(26-28)14-9-13(22)5-6-17(14)32-3)25-21(31)15-10-24-29-8-4-7-23-20(15)29/h4-11H,12H2,1-3H3,(H,25,31). The summed E-state index contributed by atoms with van der Waals surface area (Å²) in [6.07, 6.45) is 6.32. The molecule has 3 heterocycles. The number of methoxy groups -OCH3 is 1. The number of aromatic nitrogens is 5. The number of hydrogen-bond donors (Lipinski definition) is 1. The Bertz CT molecular complexity index is 1310. The van der Waals surface area contributed by atoms with Crippen LogP contribution in [0.3, 0.4) is 0 Å². The van der Waals surface area contributed by atoms with Gasteiger partial charge in [-0.05, 0) is 24.3 Å². The summed E-state index contributed by atoms with van der Waals surface area (Å²) in [6.45, 7) is -0.00295. The van der Waals surface area contributed by atoms with E-state index in [-0.39, 0.29) is 12.5 Å². The smallest absolute Gasteiger partial charge is 0.261 e. The number of halogens is 1. The molecule has 4 rings (SSSR count). The first-order valence-electron chi connectivity index (χ1n) is 9.58. The molecular formula is C21H20ClN7O3. The van der Waals surface area contributed by atoms with Gasteiger partial charge in [-0.25, -0.2) is 9.50 Å². The van der Waals surface area contributed by atoms with Gasteiger partial charge in [-0.1, -0.05) is 11.6 Å². The predicted octanol–water partition coefficient (Wildman–Crippen LogP) is 2.60. The van der Waals surface area contributed by atoms with E-state index in [0.29, 0.717) is 38.9 Å². The molecule has 0 spiro atoms. The molecule has 1 N–H and O–H groups in total. The Hall–Kier alpha value is -3.92. The van der Waals surface area contributed by atoms with Crippen LogP contribution in [0.2, 0.25) is 5.02 Å². The van der Waals surface area contributed by atoms with E-state index in [0.717, 1.165) is 0 Å². The Morgan fingerprint density at radius 2 is 2.09 bits per heavy atom. The van der Waals surface area contributed by atoms with Crippen molar-refractivity contribution >= 4 is 34.7 Å². The molecule has 0 bridgehead atoms. The number of fused-ring (bicyclic) bond motifs is 1. The molecule has 3 aromatic heterocycles. The SMILES string of the molecule is COc1ccc(Cl)cc1-c1nn(CC(=O)N(C)C)cc1NC(=O)c1cnn2cccnc12. The molecule has 0 saturated heterocycles. The molecule has 4 aromatic rings. The van der Waals surface area contributed by atoms with Gasteiger partial charge in [0, 0.05) is 43.3 Å². The largest absolute Gasteiger partial charge is 0.496 e. The van der Waals surface area contributed by atoms with E-state index >= 15 is 0 Å². The number of ether oxygens (including phenoxy) is 1. The van der Waals surface area contributed by atoms with Crippen LogP contribution in [0.4, 0.5) is 5.69 Å². The van der Waals surface area contributed by atoms with Crippen molar-refractivity contribution in [1.82, 2.24) is 29.3 Å². The van der Waals surface area contributed by atoms with Gasteiger partial charge in [-0.2, -0.15) is 10.2 Å². The van der Waals surface area contributed by atoms with Gasteiger partial charge in [-0.15, -0.1) is 0 Å². The number of nitrogens with one attached hydrogen (secondary N) is 1. The second kappa shape index (κ2) is 8.67. The molecule has 0 atom stereocenters. The van der Waals surface area contributed by atoms with E-state index in [2.05, 4.69) is 20.5 Å². The van der Waals surface area contributed by atoms with Gasteiger partial charge in [0.1, 0.15) is 23.6 Å². The van der Waals surface area contributed by atoms with Gasteiger partial charge in [0.15, 0.2) is 5.65 Å². The first-order chi connectivity index (χ1) is 15.4. The third kappa shape index (κ3) is 4.12. The van der Waals surface area contributed by atoms with Crippen molar-refractivity contribution in [1.29, 1.82) is 0 Å². The Morgan fingerprint density at radius 1 is 1.28 bits per heavy atom. The first kappa shape index (κ1) is 21.3. The van der Waals surface area contributed by atoms with E-state index < -0.39 is 5.91 Å². The highest BCUT2D eigenvalue weighted by Gasteiger charge is 2.21. The molecule has 0 unspecified atom stereocenters. The van der Waals surface area contributed by atoms with Crippen LogP contribution in [0.25, 0.3) is 16.9 Å². The number of likely N-dealkylation sites (N-methyl/N-ethyl adjacent to an activating group) is 1. The average molecular weight is 454 g/mol. The van der Waals surface area contributed by atoms with Gasteiger partial charge < -0.3 is 15.0 Å². The molecule has 0 aliphatic carbocycles. The molecule has 10 nitrogen and oxygen atoms in total. The molecule has 0 saturated carbocycles. The molecule has 32 heavy (non-hydrogen) atoms. The van der Waals surface area contributed by atoms with Crippen LogP contribution in [-0.4, -0.2) is 62.3 Å². The van der Waals surface area contributed by atoms with Crippen LogP contribution in [0.5, 0.6) is 5.75 Å². The van der Waals surface area contributed by atoms with Gasteiger partial charge in [-0.3, -0.25) is 14.3 Å². The maximum absolute atomic E-state index is 13.1. The van der Waals surface area contributed by atoms with Crippen LogP contribution in [-0.2, 0) is 11.3 Å². The maximum Gasteiger partial charge on any atom is 0.261 e. The highest BCUT2D eigenvalue weighted by Crippen LogP contribution is 2.36. The summed E-state index contributed by atoms with van der Waals surface area (Å²) >= 11 is 6.20. The van der Waals surface area contributed by atoms with Crippen molar-refractivity contribution in [3.63, 3.8) is 0 Å². The summed E-state index contributed by atoms with van der Waals surface area (Å²) in [5, 5.41) is 12.0. The molecule has 0 fully saturated rings. The van der Waals surface area contributed by atoms with Crippen LogP contribution in [0.1, 0.15) is 10.4 Å². The number of carbonyl (C=O) groups is 2. The molecule has 2 amide bonds. The molecule has 164 valence electrons. The number of benzene rings is 1. The van der Waals surface area contributed by atoms with E-state index in [9.17, 15) is 9.59 Å². The third-order valence-corrected chi connectivity index (χ3v) is 4.98. The molecule has 11 heteroatoms. The quantitative estimate of drug-likeness (QED) is 0.481. The summed E-state index contributed by atoms with van der Waals surface area (Å²) in [6, 6.07) is 6.81. The van der Waals surface area contributed by atoms with E-state index in [1.807, 2.05) is 0 Å². The van der Waals surface area contributed by atoms with Crippen molar-refractivity contribution in [3.8, 4) is 17.0 Å². The van der Waals surface area contributed by atoms with Crippen molar-refractivity contribution < 1.29 is 14.3 Å². The van der Waals surface area contributed by atoms with Crippen LogP contribution in [0, 0.1) is 0 Å². The minimum absolute atomic E-state index is 0.00295. The fourth-order valence-corrected chi connectivity index (χ4v) is 3.29. The molecule has 1 aromatic carbocycles. The topological polar surface area (TPSA) is 107 Å². The minimum atomic E-state index is -0.417. The monoisotopic (exact) mass is 453 g/mol. The zero-order valence-corrected chi connectivity index (χ0v) is 18.4. The zero-order chi connectivity index (χ0) is 22.8. The second-order valence-corrected chi connectivity index (χ2v) is 7.56. The normalized spacial score (nSPS) is 10.9. The van der Waals surface area contributed by atoms with E-state index in [1.165, 1.54) is 27.4 Å². The Kier molecular flexibility index (Phi) is 5.78. The lowest BCUT2D eigenvalue weighted by atomic mass is 10.1. The summed E-state index contributed by atoms with van der Waals surface area (Å²) in [5.41, 5.74) is 2.09. The fraction of sp³-hybridized carbons (Fsp3) is 0.190. The molecule has 0 aliphatic rings. The molecule has 0 aliphatic heterocycles. The number of hydrogen-bond acceptors (Lipinski definition) is 6. The van der Waals surface area contributed by atoms with Crippen molar-refractivity contribution in [3.05, 3.63) is 59.6 Å². The van der Waals surface area contributed by atoms with Crippen molar-refractivity contribution in [2.45, 2.75) is 6.54 Å². The number of amides is 2. The van der Waals surface area contributed by atoms with Gasteiger partial charge in [0.25, 0.3) is 5.91 Å². The highest BCUT2D eigenvalue weighted by molar-refractivity contribution is 6.31. The summed E-state index contributed by atoms with van der Waals surface area (Å²) in [5.74, 6) is -0.0482.